The minimum Gasteiger partial charge on any atom is -0.384 e. The quantitative estimate of drug-likeness (QED) is 0.654. The Balaban J connectivity index is 0.00000162. The van der Waals surface area contributed by atoms with Crippen molar-refractivity contribution in [2.75, 3.05) is 0 Å². The van der Waals surface area contributed by atoms with E-state index in [0.717, 1.165) is 5.56 Å². The van der Waals surface area contributed by atoms with Crippen LogP contribution in [-0.4, -0.2) is 11.9 Å². The monoisotopic (exact) mass is 264 g/mol. The summed E-state index contributed by atoms with van der Waals surface area (Å²) in [6.45, 7) is 0. The molecule has 0 atom stereocenters. The molecular formula is C15H21ClN2. The molecule has 2 nitrogen and oxygen atoms in total. The molecule has 1 aromatic rings. The van der Waals surface area contributed by atoms with Crippen molar-refractivity contribution in [3.8, 4) is 0 Å². The fraction of sp³-hybridized carbons (Fsp3) is 0.400. The van der Waals surface area contributed by atoms with Crippen LogP contribution in [0.25, 0.3) is 6.08 Å². The SMILES string of the molecule is Cl.NC(/C=C/c1ccccc1)=NC1CCCCC1. The molecule has 0 unspecified atom stereocenters. The summed E-state index contributed by atoms with van der Waals surface area (Å²) in [7, 11) is 0. The number of nitrogens with zero attached hydrogens (tertiary/aromatic N) is 1. The lowest BCUT2D eigenvalue weighted by Crippen LogP contribution is -2.16. The van der Waals surface area contributed by atoms with Crippen LogP contribution >= 0.6 is 12.4 Å². The Hall–Kier alpha value is -1.28. The first-order valence-electron chi connectivity index (χ1n) is 6.41. The van der Waals surface area contributed by atoms with Crippen molar-refractivity contribution in [2.45, 2.75) is 38.1 Å². The zero-order valence-corrected chi connectivity index (χ0v) is 11.4. The molecule has 0 bridgehead atoms. The van der Waals surface area contributed by atoms with E-state index < -0.39 is 0 Å². The van der Waals surface area contributed by atoms with Gasteiger partial charge in [0.05, 0.1) is 6.04 Å². The van der Waals surface area contributed by atoms with Crippen LogP contribution in [0.5, 0.6) is 0 Å². The molecule has 2 rings (SSSR count). The van der Waals surface area contributed by atoms with E-state index in [-0.39, 0.29) is 12.4 Å². The van der Waals surface area contributed by atoms with Crippen molar-refractivity contribution < 1.29 is 0 Å². The summed E-state index contributed by atoms with van der Waals surface area (Å²) in [4.78, 5) is 4.56. The summed E-state index contributed by atoms with van der Waals surface area (Å²) < 4.78 is 0. The summed E-state index contributed by atoms with van der Waals surface area (Å²) in [6, 6.07) is 10.6. The first kappa shape index (κ1) is 14.8. The predicted octanol–water partition coefficient (Wildman–Crippen LogP) is 3.81. The van der Waals surface area contributed by atoms with E-state index in [9.17, 15) is 0 Å². The fourth-order valence-corrected chi connectivity index (χ4v) is 2.21. The number of nitrogens with two attached hydrogens (primary N) is 1. The van der Waals surface area contributed by atoms with E-state index >= 15 is 0 Å². The largest absolute Gasteiger partial charge is 0.384 e. The Labute approximate surface area is 115 Å². The van der Waals surface area contributed by atoms with Gasteiger partial charge in [-0.3, -0.25) is 4.99 Å². The average Bonchev–Trinajstić information content (AvgIpc) is 2.39. The highest BCUT2D eigenvalue weighted by Gasteiger charge is 2.11. The molecule has 1 aliphatic carbocycles. The molecule has 2 N–H and O–H groups in total. The van der Waals surface area contributed by atoms with Gasteiger partial charge in [-0.1, -0.05) is 55.7 Å². The molecule has 0 amide bonds. The van der Waals surface area contributed by atoms with Crippen molar-refractivity contribution in [3.05, 3.63) is 42.0 Å². The molecule has 0 aliphatic heterocycles. The number of halogens is 1. The molecular weight excluding hydrogens is 244 g/mol. The number of aliphatic imine (C=N–C) groups is 1. The summed E-state index contributed by atoms with van der Waals surface area (Å²) >= 11 is 0. The maximum absolute atomic E-state index is 5.92. The van der Waals surface area contributed by atoms with Crippen LogP contribution < -0.4 is 5.73 Å². The molecule has 0 radical (unpaired) electrons. The Bertz CT molecular complexity index is 392. The van der Waals surface area contributed by atoms with Crippen molar-refractivity contribution in [1.29, 1.82) is 0 Å². The highest BCUT2D eigenvalue weighted by molar-refractivity contribution is 5.95. The molecule has 0 heterocycles. The third-order valence-electron chi connectivity index (χ3n) is 3.15. The van der Waals surface area contributed by atoms with Crippen molar-refractivity contribution in [1.82, 2.24) is 0 Å². The summed E-state index contributed by atoms with van der Waals surface area (Å²) in [6.07, 6.45) is 10.3. The van der Waals surface area contributed by atoms with Gasteiger partial charge in [0.1, 0.15) is 5.84 Å². The second kappa shape index (κ2) is 7.93. The second-order valence-corrected chi connectivity index (χ2v) is 4.59. The Morgan fingerprint density at radius 2 is 1.78 bits per heavy atom. The fourth-order valence-electron chi connectivity index (χ4n) is 2.21. The van der Waals surface area contributed by atoms with Crippen LogP contribution in [-0.2, 0) is 0 Å². The van der Waals surface area contributed by atoms with E-state index in [4.69, 9.17) is 5.73 Å². The lowest BCUT2D eigenvalue weighted by molar-refractivity contribution is 0.443. The zero-order chi connectivity index (χ0) is 11.9. The Kier molecular flexibility index (Phi) is 6.51. The molecule has 0 aromatic heterocycles. The van der Waals surface area contributed by atoms with Crippen LogP contribution in [0.15, 0.2) is 41.4 Å². The molecule has 98 valence electrons. The van der Waals surface area contributed by atoms with Crippen LogP contribution in [0.4, 0.5) is 0 Å². The minimum atomic E-state index is 0. The van der Waals surface area contributed by atoms with Gasteiger partial charge in [0.2, 0.25) is 0 Å². The average molecular weight is 265 g/mol. The molecule has 1 fully saturated rings. The first-order valence-corrected chi connectivity index (χ1v) is 6.41. The van der Waals surface area contributed by atoms with Gasteiger partial charge in [-0.15, -0.1) is 12.4 Å². The summed E-state index contributed by atoms with van der Waals surface area (Å²) in [5.41, 5.74) is 7.08. The molecule has 18 heavy (non-hydrogen) atoms. The van der Waals surface area contributed by atoms with Crippen LogP contribution in [0.3, 0.4) is 0 Å². The normalized spacial score (nSPS) is 17.7. The van der Waals surface area contributed by atoms with E-state index in [1.807, 2.05) is 30.4 Å². The number of amidine groups is 1. The second-order valence-electron chi connectivity index (χ2n) is 4.59. The third-order valence-corrected chi connectivity index (χ3v) is 3.15. The van der Waals surface area contributed by atoms with Crippen molar-refractivity contribution >= 4 is 24.3 Å². The van der Waals surface area contributed by atoms with Gasteiger partial charge in [-0.2, -0.15) is 0 Å². The minimum absolute atomic E-state index is 0. The van der Waals surface area contributed by atoms with Crippen molar-refractivity contribution in [3.63, 3.8) is 0 Å². The molecule has 0 saturated heterocycles. The van der Waals surface area contributed by atoms with Crippen LogP contribution in [0.1, 0.15) is 37.7 Å². The number of rotatable bonds is 3. The highest BCUT2D eigenvalue weighted by Crippen LogP contribution is 2.20. The van der Waals surface area contributed by atoms with E-state index in [0.29, 0.717) is 11.9 Å². The zero-order valence-electron chi connectivity index (χ0n) is 10.6. The summed E-state index contributed by atoms with van der Waals surface area (Å²) in [5, 5.41) is 0. The van der Waals surface area contributed by atoms with E-state index in [1.165, 1.54) is 32.1 Å². The van der Waals surface area contributed by atoms with E-state index in [1.54, 1.807) is 0 Å². The standard InChI is InChI=1S/C15H20N2.ClH/c16-15(17-14-9-5-2-6-10-14)12-11-13-7-3-1-4-8-13;/h1,3-4,7-8,11-12,14H,2,5-6,9-10H2,(H2,16,17);1H/b12-11+;. The number of benzene rings is 1. The Morgan fingerprint density at radius 1 is 1.11 bits per heavy atom. The lowest BCUT2D eigenvalue weighted by atomic mass is 9.96. The Morgan fingerprint density at radius 3 is 2.44 bits per heavy atom. The lowest BCUT2D eigenvalue weighted by Gasteiger charge is -2.17. The molecule has 1 saturated carbocycles. The van der Waals surface area contributed by atoms with Gasteiger partial charge in [-0.25, -0.2) is 0 Å². The maximum Gasteiger partial charge on any atom is 0.118 e. The number of hydrogen-bond donors (Lipinski definition) is 1. The van der Waals surface area contributed by atoms with Crippen LogP contribution in [0.2, 0.25) is 0 Å². The first-order chi connectivity index (χ1) is 8.34. The van der Waals surface area contributed by atoms with Crippen LogP contribution in [0, 0.1) is 0 Å². The topological polar surface area (TPSA) is 38.4 Å². The molecule has 0 spiro atoms. The van der Waals surface area contributed by atoms with E-state index in [2.05, 4.69) is 17.1 Å². The van der Waals surface area contributed by atoms with Gasteiger partial charge in [-0.05, 0) is 24.5 Å². The van der Waals surface area contributed by atoms with Gasteiger partial charge in [0.25, 0.3) is 0 Å². The number of hydrogen-bond acceptors (Lipinski definition) is 1. The maximum atomic E-state index is 5.92. The smallest absolute Gasteiger partial charge is 0.118 e. The van der Waals surface area contributed by atoms with Gasteiger partial charge < -0.3 is 5.73 Å². The van der Waals surface area contributed by atoms with Crippen molar-refractivity contribution in [2.24, 2.45) is 10.7 Å². The summed E-state index contributed by atoms with van der Waals surface area (Å²) in [5.74, 6) is 0.653. The van der Waals surface area contributed by atoms with Gasteiger partial charge in [0, 0.05) is 0 Å². The van der Waals surface area contributed by atoms with Gasteiger partial charge >= 0.3 is 0 Å². The third kappa shape index (κ3) is 4.92. The molecule has 1 aromatic carbocycles. The molecule has 1 aliphatic rings. The predicted molar refractivity (Wildman–Crippen MR) is 81.2 cm³/mol. The highest BCUT2D eigenvalue weighted by atomic mass is 35.5. The van der Waals surface area contributed by atoms with Gasteiger partial charge in [0.15, 0.2) is 0 Å². The molecule has 3 heteroatoms.